The third-order valence-corrected chi connectivity index (χ3v) is 5.99. The predicted octanol–water partition coefficient (Wildman–Crippen LogP) is 1.96. The molecule has 1 aliphatic carbocycles. The van der Waals surface area contributed by atoms with Crippen LogP contribution in [0.15, 0.2) is 0 Å². The summed E-state index contributed by atoms with van der Waals surface area (Å²) in [6.45, 7) is 6.68. The van der Waals surface area contributed by atoms with Crippen LogP contribution >= 0.6 is 0 Å². The quantitative estimate of drug-likeness (QED) is 0.744. The highest BCUT2D eigenvalue weighted by molar-refractivity contribution is 7.92. The summed E-state index contributed by atoms with van der Waals surface area (Å²) in [6, 6.07) is 0. The molecule has 0 radical (unpaired) electrons. The molecule has 0 unspecified atom stereocenters. The molecule has 0 bridgehead atoms. The van der Waals surface area contributed by atoms with Gasteiger partial charge in [-0.2, -0.15) is 0 Å². The molecule has 3 nitrogen and oxygen atoms in total. The van der Waals surface area contributed by atoms with Gasteiger partial charge in [0.05, 0.1) is 10.5 Å². The number of Topliss-reactive ketones (excluding diaryl/α,β-unsaturated/α-hetero) is 1. The van der Waals surface area contributed by atoms with E-state index >= 15 is 0 Å². The normalized spacial score (nSPS) is 20.0. The molecule has 1 fully saturated rings. The molecule has 88 valence electrons. The molecule has 4 heteroatoms. The summed E-state index contributed by atoms with van der Waals surface area (Å²) in [5.74, 6) is 0.280. The number of carbonyl (C=O) groups excluding carboxylic acids is 1. The van der Waals surface area contributed by atoms with E-state index in [1.165, 1.54) is 0 Å². The van der Waals surface area contributed by atoms with Gasteiger partial charge in [0.15, 0.2) is 9.84 Å². The van der Waals surface area contributed by atoms with E-state index in [4.69, 9.17) is 0 Å². The average Bonchev–Trinajstić information content (AvgIpc) is 2.79. The molecule has 0 atom stereocenters. The second-order valence-corrected chi connectivity index (χ2v) is 8.38. The van der Waals surface area contributed by atoms with Crippen molar-refractivity contribution in [1.29, 1.82) is 0 Å². The molecule has 0 N–H and O–H groups in total. The molecule has 0 amide bonds. The number of sulfone groups is 1. The molecule has 0 saturated heterocycles. The third-order valence-electron chi connectivity index (χ3n) is 3.38. The van der Waals surface area contributed by atoms with Crippen molar-refractivity contribution in [2.45, 2.75) is 51.7 Å². The van der Waals surface area contributed by atoms with Gasteiger partial charge in [0.2, 0.25) is 0 Å². The van der Waals surface area contributed by atoms with Gasteiger partial charge >= 0.3 is 0 Å². The molecule has 0 spiro atoms. The lowest BCUT2D eigenvalue weighted by Crippen LogP contribution is -2.32. The summed E-state index contributed by atoms with van der Waals surface area (Å²) in [6.07, 6.45) is 2.23. The Balaban J connectivity index is 2.63. The number of hydrogen-bond acceptors (Lipinski definition) is 3. The minimum absolute atomic E-state index is 0.135. The topological polar surface area (TPSA) is 51.2 Å². The van der Waals surface area contributed by atoms with Gasteiger partial charge in [-0.3, -0.25) is 4.79 Å². The lowest BCUT2D eigenvalue weighted by Gasteiger charge is -2.20. The van der Waals surface area contributed by atoms with Crippen LogP contribution in [-0.2, 0) is 14.6 Å². The van der Waals surface area contributed by atoms with E-state index < -0.39 is 14.6 Å². The first-order chi connectivity index (χ1) is 6.61. The van der Waals surface area contributed by atoms with E-state index in [1.807, 2.05) is 0 Å². The van der Waals surface area contributed by atoms with Gasteiger partial charge in [-0.25, -0.2) is 8.42 Å². The average molecular weight is 232 g/mol. The highest BCUT2D eigenvalue weighted by Crippen LogP contribution is 2.50. The van der Waals surface area contributed by atoms with E-state index in [1.54, 1.807) is 27.7 Å². The summed E-state index contributed by atoms with van der Waals surface area (Å²) in [5, 5.41) is 0. The Morgan fingerprint density at radius 1 is 1.27 bits per heavy atom. The van der Waals surface area contributed by atoms with Crippen LogP contribution in [-0.4, -0.2) is 24.7 Å². The van der Waals surface area contributed by atoms with Crippen molar-refractivity contribution in [3.8, 4) is 0 Å². The molecule has 15 heavy (non-hydrogen) atoms. The second-order valence-electron chi connectivity index (χ2n) is 5.52. The van der Waals surface area contributed by atoms with Crippen molar-refractivity contribution >= 4 is 15.6 Å². The zero-order valence-corrected chi connectivity index (χ0v) is 10.8. The van der Waals surface area contributed by atoms with Crippen molar-refractivity contribution in [2.24, 2.45) is 5.41 Å². The lowest BCUT2D eigenvalue weighted by molar-refractivity contribution is -0.122. The Morgan fingerprint density at radius 3 is 2.00 bits per heavy atom. The maximum atomic E-state index is 11.8. The van der Waals surface area contributed by atoms with Gasteiger partial charge < -0.3 is 0 Å². The Bertz CT molecular complexity index is 356. The SMILES string of the molecule is CC(=O)C1(CCS(=O)(=O)C(C)(C)C)CC1. The Kier molecular flexibility index (Phi) is 3.03. The first-order valence-corrected chi connectivity index (χ1v) is 6.99. The fourth-order valence-corrected chi connectivity index (χ4v) is 2.84. The molecule has 1 rings (SSSR count). The maximum Gasteiger partial charge on any atom is 0.155 e. The standard InChI is InChI=1S/C11H20O3S/c1-9(12)11(5-6-11)7-8-15(13,14)10(2,3)4/h5-8H2,1-4H3. The van der Waals surface area contributed by atoms with E-state index in [-0.39, 0.29) is 17.0 Å². The number of carbonyl (C=O) groups is 1. The molecule has 0 aromatic rings. The van der Waals surface area contributed by atoms with Crippen LogP contribution in [0.5, 0.6) is 0 Å². The molecule has 0 aromatic carbocycles. The van der Waals surface area contributed by atoms with E-state index in [9.17, 15) is 13.2 Å². The monoisotopic (exact) mass is 232 g/mol. The van der Waals surface area contributed by atoms with Crippen LogP contribution in [0.4, 0.5) is 0 Å². The van der Waals surface area contributed by atoms with Crippen LogP contribution in [0, 0.1) is 5.41 Å². The van der Waals surface area contributed by atoms with Gasteiger partial charge in [0.1, 0.15) is 5.78 Å². The summed E-state index contributed by atoms with van der Waals surface area (Å²) < 4.78 is 23.0. The van der Waals surface area contributed by atoms with Crippen LogP contribution in [0.1, 0.15) is 47.0 Å². The summed E-state index contributed by atoms with van der Waals surface area (Å²) in [5.41, 5.74) is -0.293. The minimum atomic E-state index is -3.08. The highest BCUT2D eigenvalue weighted by Gasteiger charge is 2.48. The van der Waals surface area contributed by atoms with Crippen LogP contribution in [0.3, 0.4) is 0 Å². The van der Waals surface area contributed by atoms with Crippen molar-refractivity contribution in [3.05, 3.63) is 0 Å². The van der Waals surface area contributed by atoms with Crippen molar-refractivity contribution in [2.75, 3.05) is 5.75 Å². The Morgan fingerprint density at radius 2 is 1.73 bits per heavy atom. The zero-order valence-electron chi connectivity index (χ0n) is 9.96. The zero-order chi connectivity index (χ0) is 11.9. The molecule has 0 aliphatic heterocycles. The van der Waals surface area contributed by atoms with Crippen molar-refractivity contribution in [1.82, 2.24) is 0 Å². The molecule has 1 aliphatic rings. The molecule has 1 saturated carbocycles. The molecular formula is C11H20O3S. The van der Waals surface area contributed by atoms with Crippen LogP contribution < -0.4 is 0 Å². The largest absolute Gasteiger partial charge is 0.299 e. The summed E-state index contributed by atoms with van der Waals surface area (Å²) in [7, 11) is -3.08. The summed E-state index contributed by atoms with van der Waals surface area (Å²) in [4.78, 5) is 11.3. The maximum absolute atomic E-state index is 11.8. The highest BCUT2D eigenvalue weighted by atomic mass is 32.2. The van der Waals surface area contributed by atoms with E-state index in [0.29, 0.717) is 6.42 Å². The molecular weight excluding hydrogens is 212 g/mol. The second kappa shape index (κ2) is 3.58. The van der Waals surface area contributed by atoms with Gasteiger partial charge in [0.25, 0.3) is 0 Å². The van der Waals surface area contributed by atoms with E-state index in [2.05, 4.69) is 0 Å². The minimum Gasteiger partial charge on any atom is -0.299 e. The van der Waals surface area contributed by atoms with Gasteiger partial charge in [-0.1, -0.05) is 0 Å². The number of rotatable bonds is 4. The first-order valence-electron chi connectivity index (χ1n) is 5.34. The Hall–Kier alpha value is -0.380. The lowest BCUT2D eigenvalue weighted by atomic mass is 9.99. The van der Waals surface area contributed by atoms with Crippen LogP contribution in [0.25, 0.3) is 0 Å². The molecule has 0 heterocycles. The van der Waals surface area contributed by atoms with Gasteiger partial charge in [-0.05, 0) is 47.0 Å². The fourth-order valence-electron chi connectivity index (χ4n) is 1.56. The van der Waals surface area contributed by atoms with Gasteiger partial charge in [-0.15, -0.1) is 0 Å². The predicted molar refractivity (Wildman–Crippen MR) is 60.5 cm³/mol. The Labute approximate surface area is 92.2 Å². The fraction of sp³-hybridized carbons (Fsp3) is 0.909. The van der Waals surface area contributed by atoms with Crippen molar-refractivity contribution in [3.63, 3.8) is 0 Å². The molecule has 0 aromatic heterocycles. The smallest absolute Gasteiger partial charge is 0.155 e. The van der Waals surface area contributed by atoms with E-state index in [0.717, 1.165) is 12.8 Å². The summed E-state index contributed by atoms with van der Waals surface area (Å²) >= 11 is 0. The van der Waals surface area contributed by atoms with Crippen molar-refractivity contribution < 1.29 is 13.2 Å². The third kappa shape index (κ3) is 2.60. The first kappa shape index (κ1) is 12.7. The van der Waals surface area contributed by atoms with Gasteiger partial charge in [0, 0.05) is 5.41 Å². The van der Waals surface area contributed by atoms with Crippen LogP contribution in [0.2, 0.25) is 0 Å². The number of ketones is 1. The number of hydrogen-bond donors (Lipinski definition) is 0.